The van der Waals surface area contributed by atoms with Crippen molar-refractivity contribution >= 4 is 6.09 Å². The van der Waals surface area contributed by atoms with E-state index in [9.17, 15) is 9.90 Å². The van der Waals surface area contributed by atoms with Crippen LogP contribution in [0.25, 0.3) is 0 Å². The van der Waals surface area contributed by atoms with Crippen molar-refractivity contribution in [3.63, 3.8) is 0 Å². The van der Waals surface area contributed by atoms with Crippen LogP contribution in [-0.4, -0.2) is 24.1 Å². The van der Waals surface area contributed by atoms with E-state index in [0.29, 0.717) is 12.5 Å². The molecule has 2 aliphatic rings. The number of rotatable bonds is 0. The molecule has 1 aliphatic heterocycles. The number of amides is 1. The van der Waals surface area contributed by atoms with Gasteiger partial charge in [-0.25, -0.2) is 0 Å². The SMILES string of the molecule is O=C([O-])N1CCC2CC2C1.[K+]. The molecule has 1 saturated heterocycles. The summed E-state index contributed by atoms with van der Waals surface area (Å²) in [6.07, 6.45) is 1.30. The van der Waals surface area contributed by atoms with Gasteiger partial charge >= 0.3 is 51.4 Å². The summed E-state index contributed by atoms with van der Waals surface area (Å²) in [7, 11) is 0. The van der Waals surface area contributed by atoms with Crippen LogP contribution in [0, 0.1) is 11.8 Å². The summed E-state index contributed by atoms with van der Waals surface area (Å²) in [6, 6.07) is 0. The minimum absolute atomic E-state index is 0. The fraction of sp³-hybridized carbons (Fsp3) is 0.857. The van der Waals surface area contributed by atoms with Crippen LogP contribution in [0.5, 0.6) is 0 Å². The van der Waals surface area contributed by atoms with Crippen LogP contribution < -0.4 is 56.5 Å². The number of carbonyl (C=O) groups excluding carboxylic acids is 1. The molecule has 0 aromatic rings. The Morgan fingerprint density at radius 3 is 2.73 bits per heavy atom. The fourth-order valence-electron chi connectivity index (χ4n) is 1.75. The van der Waals surface area contributed by atoms with Gasteiger partial charge in [-0.15, -0.1) is 0 Å². The normalized spacial score (nSPS) is 33.6. The number of hydrogen-bond acceptors (Lipinski definition) is 2. The topological polar surface area (TPSA) is 43.4 Å². The van der Waals surface area contributed by atoms with Gasteiger partial charge in [0.25, 0.3) is 0 Å². The summed E-state index contributed by atoms with van der Waals surface area (Å²) in [5, 5.41) is 10.3. The maximum atomic E-state index is 10.3. The zero-order valence-corrected chi connectivity index (χ0v) is 9.87. The molecule has 56 valence electrons. The van der Waals surface area contributed by atoms with Gasteiger partial charge in [0.15, 0.2) is 0 Å². The first-order chi connectivity index (χ1) is 4.77. The van der Waals surface area contributed by atoms with Crippen molar-refractivity contribution in [1.29, 1.82) is 0 Å². The van der Waals surface area contributed by atoms with E-state index < -0.39 is 6.09 Å². The molecule has 0 bridgehead atoms. The molecule has 1 heterocycles. The van der Waals surface area contributed by atoms with Crippen molar-refractivity contribution in [3.05, 3.63) is 0 Å². The number of carbonyl (C=O) groups is 1. The van der Waals surface area contributed by atoms with Crippen molar-refractivity contribution in [1.82, 2.24) is 4.90 Å². The van der Waals surface area contributed by atoms with Crippen molar-refractivity contribution in [2.24, 2.45) is 11.8 Å². The molecule has 1 amide bonds. The molecule has 0 radical (unpaired) electrons. The second kappa shape index (κ2) is 3.74. The largest absolute Gasteiger partial charge is 1.00 e. The summed E-state index contributed by atoms with van der Waals surface area (Å²) in [6.45, 7) is 1.43. The molecule has 0 spiro atoms. The molecule has 0 aromatic heterocycles. The number of nitrogens with zero attached hydrogens (tertiary/aromatic N) is 1. The zero-order chi connectivity index (χ0) is 7.14. The van der Waals surface area contributed by atoms with E-state index in [4.69, 9.17) is 0 Å². The minimum Gasteiger partial charge on any atom is -0.530 e. The Hall–Kier alpha value is 0.906. The number of likely N-dealkylation sites (tertiary alicyclic amines) is 1. The predicted molar refractivity (Wildman–Crippen MR) is 33.2 cm³/mol. The standard InChI is InChI=1S/C7H11NO2.K/c9-7(10)8-2-1-5-3-6(5)4-8;/h5-6H,1-4H2,(H,9,10);/q;+1/p-1. The number of piperidine rings is 1. The van der Waals surface area contributed by atoms with Gasteiger partial charge in [-0.2, -0.15) is 0 Å². The Balaban J connectivity index is 0.000000605. The number of carboxylic acid groups (broad SMARTS) is 1. The van der Waals surface area contributed by atoms with Crippen molar-refractivity contribution in [2.45, 2.75) is 12.8 Å². The van der Waals surface area contributed by atoms with Crippen LogP contribution in [0.1, 0.15) is 12.8 Å². The Kier molecular flexibility index (Phi) is 3.40. The fourth-order valence-corrected chi connectivity index (χ4v) is 1.75. The van der Waals surface area contributed by atoms with Crippen molar-refractivity contribution < 1.29 is 61.3 Å². The molecule has 2 atom stereocenters. The van der Waals surface area contributed by atoms with E-state index >= 15 is 0 Å². The summed E-state index contributed by atoms with van der Waals surface area (Å²) in [5.74, 6) is 1.52. The summed E-state index contributed by atoms with van der Waals surface area (Å²) in [4.78, 5) is 11.8. The van der Waals surface area contributed by atoms with Gasteiger partial charge in [-0.05, 0) is 24.7 Å². The molecule has 1 aliphatic carbocycles. The average molecular weight is 179 g/mol. The zero-order valence-electron chi connectivity index (χ0n) is 6.75. The molecule has 0 aromatic carbocycles. The molecule has 4 heteroatoms. The molecular formula is C7H10KNO2. The third kappa shape index (κ3) is 2.18. The summed E-state index contributed by atoms with van der Waals surface area (Å²) in [5.41, 5.74) is 0. The van der Waals surface area contributed by atoms with Gasteiger partial charge in [-0.3, -0.25) is 0 Å². The predicted octanol–water partition coefficient (Wildman–Crippen LogP) is -3.32. The first-order valence-electron chi connectivity index (χ1n) is 3.73. The van der Waals surface area contributed by atoms with Crippen LogP contribution in [0.4, 0.5) is 4.79 Å². The average Bonchev–Trinajstić information content (AvgIpc) is 2.63. The van der Waals surface area contributed by atoms with Gasteiger partial charge < -0.3 is 14.8 Å². The van der Waals surface area contributed by atoms with E-state index in [1.807, 2.05) is 0 Å². The van der Waals surface area contributed by atoms with E-state index in [1.54, 1.807) is 0 Å². The molecule has 1 saturated carbocycles. The quantitative estimate of drug-likeness (QED) is 0.365. The van der Waals surface area contributed by atoms with Crippen molar-refractivity contribution in [2.75, 3.05) is 13.1 Å². The Morgan fingerprint density at radius 2 is 2.18 bits per heavy atom. The van der Waals surface area contributed by atoms with Crippen LogP contribution in [-0.2, 0) is 0 Å². The second-order valence-electron chi connectivity index (χ2n) is 3.26. The van der Waals surface area contributed by atoms with Gasteiger partial charge in [0.05, 0.1) is 0 Å². The minimum atomic E-state index is -0.995. The molecule has 2 unspecified atom stereocenters. The van der Waals surface area contributed by atoms with Crippen LogP contribution in [0.2, 0.25) is 0 Å². The molecule has 11 heavy (non-hydrogen) atoms. The van der Waals surface area contributed by atoms with Gasteiger partial charge in [0.1, 0.15) is 6.09 Å². The third-order valence-corrected chi connectivity index (χ3v) is 2.55. The van der Waals surface area contributed by atoms with Crippen LogP contribution in [0.15, 0.2) is 0 Å². The first kappa shape index (κ1) is 9.99. The van der Waals surface area contributed by atoms with E-state index in [1.165, 1.54) is 11.3 Å². The maximum absolute atomic E-state index is 10.3. The molecule has 2 fully saturated rings. The second-order valence-corrected chi connectivity index (χ2v) is 3.26. The Morgan fingerprint density at radius 1 is 1.45 bits per heavy atom. The Labute approximate surface area is 109 Å². The molecule has 0 N–H and O–H groups in total. The van der Waals surface area contributed by atoms with E-state index in [0.717, 1.165) is 18.9 Å². The maximum Gasteiger partial charge on any atom is 1.00 e. The van der Waals surface area contributed by atoms with Gasteiger partial charge in [0, 0.05) is 13.1 Å². The number of fused-ring (bicyclic) bond motifs is 1. The van der Waals surface area contributed by atoms with Gasteiger partial charge in [-0.1, -0.05) is 0 Å². The number of hydrogen-bond donors (Lipinski definition) is 0. The van der Waals surface area contributed by atoms with Gasteiger partial charge in [0.2, 0.25) is 0 Å². The van der Waals surface area contributed by atoms with Crippen molar-refractivity contribution in [3.8, 4) is 0 Å². The van der Waals surface area contributed by atoms with Crippen LogP contribution >= 0.6 is 0 Å². The Bertz CT molecular complexity index is 174. The first-order valence-corrected chi connectivity index (χ1v) is 3.73. The summed E-state index contributed by atoms with van der Waals surface area (Å²) >= 11 is 0. The summed E-state index contributed by atoms with van der Waals surface area (Å²) < 4.78 is 0. The molecule has 3 nitrogen and oxygen atoms in total. The molecule has 2 rings (SSSR count). The van der Waals surface area contributed by atoms with Crippen LogP contribution in [0.3, 0.4) is 0 Å². The van der Waals surface area contributed by atoms with E-state index in [2.05, 4.69) is 0 Å². The monoisotopic (exact) mass is 179 g/mol. The smallest absolute Gasteiger partial charge is 0.530 e. The molecular weight excluding hydrogens is 169 g/mol. The third-order valence-electron chi connectivity index (χ3n) is 2.55. The van der Waals surface area contributed by atoms with E-state index in [-0.39, 0.29) is 51.4 Å².